The molecule has 0 aliphatic rings. The van der Waals surface area contributed by atoms with Crippen LogP contribution in [0.4, 0.5) is 0 Å². The maximum Gasteiger partial charge on any atom is 0.322 e. The minimum atomic E-state index is -1.92. The number of amides is 15. The number of nitrogens with one attached hydrogen (secondary N) is 14. The largest absolute Gasteiger partial charge is 0.508 e. The van der Waals surface area contributed by atoms with Crippen molar-refractivity contribution in [3.63, 3.8) is 0 Å². The molecule has 0 fully saturated rings. The summed E-state index contributed by atoms with van der Waals surface area (Å²) in [5.41, 5.74) is 18.6. The van der Waals surface area contributed by atoms with Crippen molar-refractivity contribution in [1.82, 2.24) is 73.8 Å². The number of aromatic nitrogens is 2. The average Bonchev–Trinajstić information content (AvgIpc) is 1.71. The van der Waals surface area contributed by atoms with E-state index in [1.54, 1.807) is 68.6 Å². The molecule has 111 heavy (non-hydrogen) atoms. The molecule has 2 aromatic heterocycles. The predicted molar refractivity (Wildman–Crippen MR) is 404 cm³/mol. The summed E-state index contributed by atoms with van der Waals surface area (Å²) < 4.78 is 0. The van der Waals surface area contributed by atoms with Crippen LogP contribution in [0.25, 0.3) is 21.8 Å². The van der Waals surface area contributed by atoms with Gasteiger partial charge in [0.05, 0.1) is 12.5 Å². The van der Waals surface area contributed by atoms with Crippen molar-refractivity contribution in [1.29, 1.82) is 0 Å². The molecule has 3 aromatic carbocycles. The summed E-state index contributed by atoms with van der Waals surface area (Å²) in [4.78, 5) is 235. The monoisotopic (exact) mass is 1590 g/mol. The number of aromatic amines is 2. The van der Waals surface area contributed by atoms with Crippen molar-refractivity contribution in [3.05, 3.63) is 102 Å². The van der Waals surface area contributed by atoms with Gasteiger partial charge < -0.3 is 111 Å². The van der Waals surface area contributed by atoms with Crippen molar-refractivity contribution in [2.45, 2.75) is 177 Å². The number of aliphatic hydroxyl groups is 1. The predicted octanol–water partition coefficient (Wildman–Crippen LogP) is -4.12. The summed E-state index contributed by atoms with van der Waals surface area (Å²) in [5, 5.41) is 70.3. The lowest BCUT2D eigenvalue weighted by molar-refractivity contribution is -0.139. The Morgan fingerprint density at radius 3 is 1.18 bits per heavy atom. The molecular weight excluding hydrogens is 1490 g/mol. The highest BCUT2D eigenvalue weighted by atomic mass is 32.1. The van der Waals surface area contributed by atoms with Crippen LogP contribution in [0.1, 0.15) is 102 Å². The number of carboxylic acid groups (broad SMARTS) is 2. The molecule has 5 rings (SSSR count). The first-order chi connectivity index (χ1) is 52.5. The second-order valence-corrected chi connectivity index (χ2v) is 27.3. The number of hydrogen-bond donors (Lipinski definition) is 23. The number of rotatable bonds is 47. The third-order valence-electron chi connectivity index (χ3n) is 17.3. The molecular formula is C71H95N17O21S2. The van der Waals surface area contributed by atoms with Gasteiger partial charge in [-0.3, -0.25) is 81.5 Å². The Balaban J connectivity index is 1.48. The lowest BCUT2D eigenvalue weighted by Gasteiger charge is -2.29. The van der Waals surface area contributed by atoms with E-state index in [1.165, 1.54) is 30.5 Å². The maximum absolute atomic E-state index is 15.1. The number of carbonyl (C=O) groups excluding carboxylic acids is 15. The van der Waals surface area contributed by atoms with Crippen molar-refractivity contribution < 1.29 is 102 Å². The number of benzene rings is 3. The van der Waals surface area contributed by atoms with E-state index in [0.717, 1.165) is 13.8 Å². The highest BCUT2D eigenvalue weighted by molar-refractivity contribution is 7.80. The Hall–Kier alpha value is -11.8. The van der Waals surface area contributed by atoms with E-state index in [4.69, 9.17) is 22.3 Å². The van der Waals surface area contributed by atoms with Gasteiger partial charge in [0.1, 0.15) is 78.8 Å². The SMILES string of the molecule is CC(=O)N[C@@H](CS)C(=O)N[C@@H](CCC(N)=O)C(=O)N[C@H](C(=O)N[C@@H](Cc1c[nH]c2ccccc12)C(=O)N[C@@H](CCC(N)=O)C(=O)N[C@@H](CS)C(=O)N[C@@H](Cc1ccc(O)cc1)C(=O)N[C@@H](Cc1c[nH]c2ccccc12)C(=O)N[C@@H](CCC(C)C)C(=O)N[C@@H](CCC(=O)O)C(=O)N[C@@H](CC(N)=O)C(=O)NCC(=O)O)[C@@H](C)O. The molecule has 0 radical (unpaired) electrons. The molecule has 15 amide bonds. The second kappa shape index (κ2) is 44.0. The first-order valence-electron chi connectivity index (χ1n) is 35.1. The fourth-order valence-corrected chi connectivity index (χ4v) is 11.9. The molecule has 0 spiro atoms. The van der Waals surface area contributed by atoms with E-state index < -0.39 is 237 Å². The molecule has 40 heteroatoms. The van der Waals surface area contributed by atoms with Crippen molar-refractivity contribution in [2.24, 2.45) is 23.1 Å². The highest BCUT2D eigenvalue weighted by Crippen LogP contribution is 2.23. The van der Waals surface area contributed by atoms with Gasteiger partial charge in [-0.15, -0.1) is 0 Å². The van der Waals surface area contributed by atoms with E-state index in [-0.39, 0.29) is 43.1 Å². The van der Waals surface area contributed by atoms with Crippen molar-refractivity contribution in [2.75, 3.05) is 18.1 Å². The summed E-state index contributed by atoms with van der Waals surface area (Å²) in [6, 6.07) is 0.505. The van der Waals surface area contributed by atoms with Gasteiger partial charge >= 0.3 is 11.9 Å². The summed E-state index contributed by atoms with van der Waals surface area (Å²) >= 11 is 8.43. The zero-order chi connectivity index (χ0) is 82.3. The van der Waals surface area contributed by atoms with Gasteiger partial charge in [0, 0.05) is 91.2 Å². The lowest BCUT2D eigenvalue weighted by atomic mass is 9.99. The number of nitrogens with two attached hydrogens (primary N) is 3. The van der Waals surface area contributed by atoms with E-state index in [1.807, 2.05) is 5.32 Å². The normalized spacial score (nSPS) is 14.4. The molecule has 0 saturated carbocycles. The van der Waals surface area contributed by atoms with Crippen LogP contribution in [0, 0.1) is 5.92 Å². The smallest absolute Gasteiger partial charge is 0.322 e. The molecule has 38 nitrogen and oxygen atoms in total. The molecule has 0 aliphatic carbocycles. The number of phenols is 1. The molecule has 12 atom stereocenters. The van der Waals surface area contributed by atoms with E-state index in [2.05, 4.69) is 93.7 Å². The first kappa shape index (κ1) is 89.8. The quantitative estimate of drug-likeness (QED) is 0.0165. The zero-order valence-electron chi connectivity index (χ0n) is 61.1. The summed E-state index contributed by atoms with van der Waals surface area (Å²) in [5.74, 6) is -19.7. The number of para-hydroxylation sites is 2. The fraction of sp³-hybridized carbons (Fsp3) is 0.451. The lowest BCUT2D eigenvalue weighted by Crippen LogP contribution is -2.62. The van der Waals surface area contributed by atoms with Crippen LogP contribution in [-0.2, 0) is 101 Å². The summed E-state index contributed by atoms with van der Waals surface area (Å²) in [6.45, 7) is 4.88. The number of H-pyrrole nitrogens is 2. The Bertz CT molecular complexity index is 4190. The molecule has 0 saturated heterocycles. The number of aromatic hydroxyl groups is 1. The van der Waals surface area contributed by atoms with Crippen molar-refractivity contribution >= 4 is 148 Å². The molecule has 0 bridgehead atoms. The number of aliphatic carboxylic acids is 2. The Morgan fingerprint density at radius 2 is 0.775 bits per heavy atom. The Kier molecular flexibility index (Phi) is 35.6. The summed E-state index contributed by atoms with van der Waals surface area (Å²) in [6.07, 6.45) is -3.92. The van der Waals surface area contributed by atoms with Crippen molar-refractivity contribution in [3.8, 4) is 5.75 Å². The number of aliphatic hydroxyl groups excluding tert-OH is 1. The van der Waals surface area contributed by atoms with Crippen LogP contribution >= 0.6 is 25.3 Å². The van der Waals surface area contributed by atoms with Crippen LogP contribution in [0.3, 0.4) is 0 Å². The van der Waals surface area contributed by atoms with Crippen LogP contribution in [0.2, 0.25) is 0 Å². The average molecular weight is 1590 g/mol. The van der Waals surface area contributed by atoms with Gasteiger partial charge in [-0.2, -0.15) is 25.3 Å². The highest BCUT2D eigenvalue weighted by Gasteiger charge is 2.39. The van der Waals surface area contributed by atoms with Gasteiger partial charge in [-0.05, 0) is 85.9 Å². The maximum atomic E-state index is 15.1. The van der Waals surface area contributed by atoms with Crippen LogP contribution in [-0.4, -0.2) is 222 Å². The van der Waals surface area contributed by atoms with E-state index in [0.29, 0.717) is 38.5 Å². The minimum absolute atomic E-state index is 0.141. The van der Waals surface area contributed by atoms with Gasteiger partial charge in [-0.25, -0.2) is 0 Å². The Labute approximate surface area is 646 Å². The van der Waals surface area contributed by atoms with E-state index in [9.17, 15) is 87.2 Å². The molecule has 602 valence electrons. The molecule has 5 aromatic rings. The fourth-order valence-electron chi connectivity index (χ4n) is 11.4. The van der Waals surface area contributed by atoms with E-state index >= 15 is 9.59 Å². The second-order valence-electron chi connectivity index (χ2n) is 26.6. The van der Waals surface area contributed by atoms with Gasteiger partial charge in [-0.1, -0.05) is 62.4 Å². The number of phenolic OH excluding ortho intramolecular Hbond substituents is 1. The zero-order valence-corrected chi connectivity index (χ0v) is 62.8. The number of carbonyl (C=O) groups is 17. The van der Waals surface area contributed by atoms with Crippen LogP contribution in [0.15, 0.2) is 85.2 Å². The summed E-state index contributed by atoms with van der Waals surface area (Å²) in [7, 11) is 0. The topological polar surface area (TPSA) is 625 Å². The molecule has 0 aliphatic heterocycles. The molecule has 0 unspecified atom stereocenters. The third kappa shape index (κ3) is 29.6. The van der Waals surface area contributed by atoms with Gasteiger partial charge in [0.25, 0.3) is 0 Å². The third-order valence-corrected chi connectivity index (χ3v) is 18.0. The molecule has 2 heterocycles. The first-order valence-corrected chi connectivity index (χ1v) is 36.4. The number of primary amides is 3. The Morgan fingerprint density at radius 1 is 0.405 bits per heavy atom. The number of hydrogen-bond acceptors (Lipinski definition) is 21. The minimum Gasteiger partial charge on any atom is -0.508 e. The standard InChI is InChI=1S/C71H95N17O21S2/c1-34(2)13-18-45(62(100)79-48(21-24-58(95)96)63(101)85-52(28-57(74)94)61(99)77-31-59(97)98)80-67(105)50(26-38-29-75-43-11-7-5-9-41(38)43)84-66(104)49(25-37-14-16-40(91)17-15-37)83-70(108)54(33-111)87-64(102)46(19-22-55(72)92)81-68(106)51(27-39-30-76-44-12-8-6-10-42(39)44)86-71(109)60(35(3)89)88-65(103)47(20-23-56(73)93)82-69(107)53(32-110)78-36(4)90/h5-12,14-17,29-30,34-35,45-54,60,75-76,89,91,110-111H,13,18-28,31-33H2,1-4H3,(H2,72,92)(H2,73,93)(H2,74,94)(H,77,99)(H,78,90)(H,79,100)(H,80,105)(H,81,106)(H,82,107)(H,83,108)(H,84,104)(H,85,101)(H,86,109)(H,87,102)(H,88,103)(H,95,96)(H,97,98)/t35-,45+,46+,47+,48+,49+,50+,51+,52+,53+,54+,60+/m1/s1. The number of fused-ring (bicyclic) bond motifs is 2. The number of thiol groups is 2. The van der Waals surface area contributed by atoms with Crippen LogP contribution in [0.5, 0.6) is 5.75 Å². The molecule has 24 N–H and O–H groups in total. The van der Waals surface area contributed by atoms with Crippen LogP contribution < -0.4 is 81.0 Å². The number of carboxylic acids is 2. The van der Waals surface area contributed by atoms with Gasteiger partial charge in [0.15, 0.2) is 0 Å². The van der Waals surface area contributed by atoms with Gasteiger partial charge in [0.2, 0.25) is 88.6 Å².